The van der Waals surface area contributed by atoms with Crippen molar-refractivity contribution in [1.82, 2.24) is 9.88 Å². The van der Waals surface area contributed by atoms with E-state index in [4.69, 9.17) is 9.72 Å². The summed E-state index contributed by atoms with van der Waals surface area (Å²) in [5.41, 5.74) is 4.44. The molecule has 1 aliphatic rings. The number of thiazole rings is 1. The molecule has 1 aliphatic heterocycles. The van der Waals surface area contributed by atoms with E-state index < -0.39 is 0 Å². The van der Waals surface area contributed by atoms with E-state index in [0.29, 0.717) is 22.8 Å². The number of nitrogens with zero attached hydrogens (tertiary/aromatic N) is 3. The molecule has 2 aromatic carbocycles. The van der Waals surface area contributed by atoms with Crippen LogP contribution >= 0.6 is 11.3 Å². The Labute approximate surface area is 186 Å². The van der Waals surface area contributed by atoms with Crippen molar-refractivity contribution in [2.45, 2.75) is 20.8 Å². The molecule has 0 N–H and O–H groups in total. The molecular weight excluding hydrogens is 410 g/mol. The van der Waals surface area contributed by atoms with Gasteiger partial charge in [-0.2, -0.15) is 0 Å². The van der Waals surface area contributed by atoms with Crippen molar-refractivity contribution in [3.63, 3.8) is 0 Å². The molecule has 3 aromatic rings. The molecule has 0 aliphatic carbocycles. The van der Waals surface area contributed by atoms with Gasteiger partial charge in [0.2, 0.25) is 0 Å². The van der Waals surface area contributed by atoms with Gasteiger partial charge in [-0.05, 0) is 50.1 Å². The quantitative estimate of drug-likeness (QED) is 0.544. The first kappa shape index (κ1) is 21.6. The molecule has 6 nitrogen and oxygen atoms in total. The van der Waals surface area contributed by atoms with Gasteiger partial charge in [-0.15, -0.1) is 0 Å². The third-order valence-electron chi connectivity index (χ3n) is 5.83. The largest absolute Gasteiger partial charge is 0.379 e. The number of amides is 1. The van der Waals surface area contributed by atoms with Crippen LogP contribution in [-0.2, 0) is 4.74 Å². The molecule has 1 saturated heterocycles. The number of fused-ring (bicyclic) bond motifs is 1. The van der Waals surface area contributed by atoms with Gasteiger partial charge in [0, 0.05) is 37.3 Å². The molecule has 0 saturated carbocycles. The summed E-state index contributed by atoms with van der Waals surface area (Å²) in [6.45, 7) is 10.2. The van der Waals surface area contributed by atoms with E-state index >= 15 is 0 Å². The summed E-state index contributed by atoms with van der Waals surface area (Å²) >= 11 is 1.54. The highest BCUT2D eigenvalue weighted by atomic mass is 32.1. The number of anilines is 1. The fourth-order valence-corrected chi connectivity index (χ4v) is 4.73. The minimum Gasteiger partial charge on any atom is -0.379 e. The Kier molecular flexibility index (Phi) is 6.46. The van der Waals surface area contributed by atoms with Crippen molar-refractivity contribution in [2.75, 3.05) is 44.3 Å². The number of rotatable bonds is 6. The molecule has 2 heterocycles. The Bertz CT molecular complexity index is 1100. The summed E-state index contributed by atoms with van der Waals surface area (Å²) in [7, 11) is 0. The molecule has 1 fully saturated rings. The second kappa shape index (κ2) is 9.26. The van der Waals surface area contributed by atoms with E-state index in [1.54, 1.807) is 40.5 Å². The first-order chi connectivity index (χ1) is 14.9. The third kappa shape index (κ3) is 4.69. The number of aryl methyl sites for hydroxylation is 2. The monoisotopic (exact) mass is 437 g/mol. The van der Waals surface area contributed by atoms with Gasteiger partial charge in [-0.3, -0.25) is 19.4 Å². The zero-order valence-corrected chi connectivity index (χ0v) is 19.0. The highest BCUT2D eigenvalue weighted by Gasteiger charge is 2.23. The van der Waals surface area contributed by atoms with E-state index in [0.717, 1.165) is 48.6 Å². The van der Waals surface area contributed by atoms with Gasteiger partial charge in [-0.25, -0.2) is 4.98 Å². The van der Waals surface area contributed by atoms with Crippen molar-refractivity contribution in [1.29, 1.82) is 0 Å². The van der Waals surface area contributed by atoms with Crippen molar-refractivity contribution >= 4 is 38.4 Å². The Morgan fingerprint density at radius 3 is 2.42 bits per heavy atom. The molecule has 0 radical (unpaired) electrons. The smallest absolute Gasteiger partial charge is 0.260 e. The number of morpholine rings is 1. The molecule has 4 rings (SSSR count). The third-order valence-corrected chi connectivity index (χ3v) is 6.88. The fourth-order valence-electron chi connectivity index (χ4n) is 3.68. The Morgan fingerprint density at radius 1 is 1.06 bits per heavy atom. The number of ether oxygens (including phenoxy) is 1. The maximum Gasteiger partial charge on any atom is 0.260 e. The summed E-state index contributed by atoms with van der Waals surface area (Å²) < 4.78 is 6.52. The molecule has 162 valence electrons. The zero-order chi connectivity index (χ0) is 22.0. The van der Waals surface area contributed by atoms with E-state index in [2.05, 4.69) is 30.9 Å². The average Bonchev–Trinajstić information content (AvgIpc) is 3.22. The summed E-state index contributed by atoms with van der Waals surface area (Å²) in [4.78, 5) is 34.0. The van der Waals surface area contributed by atoms with Crippen LogP contribution in [0.25, 0.3) is 10.2 Å². The summed E-state index contributed by atoms with van der Waals surface area (Å²) in [6.07, 6.45) is 0. The number of ketones is 1. The zero-order valence-electron chi connectivity index (χ0n) is 18.2. The number of Topliss-reactive ketones (excluding diaryl/α,β-unsaturated/α-hetero) is 1. The SMILES string of the molecule is CC(=O)c1ccc(C(=O)N(CCN2CCOCC2)c2nc3c(C)c(C)ccc3s2)cc1. The van der Waals surface area contributed by atoms with E-state index in [1.807, 2.05) is 0 Å². The van der Waals surface area contributed by atoms with Crippen molar-refractivity contribution in [3.8, 4) is 0 Å². The van der Waals surface area contributed by atoms with Gasteiger partial charge in [0.15, 0.2) is 10.9 Å². The van der Waals surface area contributed by atoms with Gasteiger partial charge < -0.3 is 4.74 Å². The first-order valence-corrected chi connectivity index (χ1v) is 11.4. The molecule has 7 heteroatoms. The summed E-state index contributed by atoms with van der Waals surface area (Å²) in [5, 5.41) is 0.706. The predicted octanol–water partition coefficient (Wildman–Crippen LogP) is 4.09. The molecule has 1 aromatic heterocycles. The van der Waals surface area contributed by atoms with E-state index in [1.165, 1.54) is 12.5 Å². The fraction of sp³-hybridized carbons (Fsp3) is 0.375. The van der Waals surface area contributed by atoms with Crippen molar-refractivity contribution < 1.29 is 14.3 Å². The lowest BCUT2D eigenvalue weighted by atomic mass is 10.1. The van der Waals surface area contributed by atoms with Crippen LogP contribution in [0.2, 0.25) is 0 Å². The molecule has 0 atom stereocenters. The lowest BCUT2D eigenvalue weighted by molar-refractivity contribution is 0.0391. The summed E-state index contributed by atoms with van der Waals surface area (Å²) in [6, 6.07) is 11.0. The highest BCUT2D eigenvalue weighted by Crippen LogP contribution is 2.32. The average molecular weight is 438 g/mol. The maximum absolute atomic E-state index is 13.5. The molecule has 0 bridgehead atoms. The molecular formula is C24H27N3O3S. The van der Waals surface area contributed by atoms with Crippen LogP contribution in [-0.4, -0.2) is 61.0 Å². The second-order valence-electron chi connectivity index (χ2n) is 7.89. The molecule has 31 heavy (non-hydrogen) atoms. The van der Waals surface area contributed by atoms with Crippen LogP contribution in [0.3, 0.4) is 0 Å². The number of benzene rings is 2. The maximum atomic E-state index is 13.5. The van der Waals surface area contributed by atoms with E-state index in [9.17, 15) is 9.59 Å². The van der Waals surface area contributed by atoms with Gasteiger partial charge in [0.25, 0.3) is 5.91 Å². The van der Waals surface area contributed by atoms with Crippen LogP contribution in [0.1, 0.15) is 38.8 Å². The predicted molar refractivity (Wildman–Crippen MR) is 124 cm³/mol. The van der Waals surface area contributed by atoms with Crippen LogP contribution in [0, 0.1) is 13.8 Å². The Morgan fingerprint density at radius 2 is 1.74 bits per heavy atom. The minimum atomic E-state index is -0.100. The number of hydrogen-bond donors (Lipinski definition) is 0. The van der Waals surface area contributed by atoms with Gasteiger partial charge in [0.05, 0.1) is 23.4 Å². The molecule has 0 unspecified atom stereocenters. The van der Waals surface area contributed by atoms with Crippen molar-refractivity contribution in [3.05, 3.63) is 58.7 Å². The van der Waals surface area contributed by atoms with Crippen molar-refractivity contribution in [2.24, 2.45) is 0 Å². The first-order valence-electron chi connectivity index (χ1n) is 10.5. The van der Waals surface area contributed by atoms with Crippen LogP contribution in [0.4, 0.5) is 5.13 Å². The normalized spacial score (nSPS) is 14.7. The Hall–Kier alpha value is -2.61. The molecule has 1 amide bonds. The van der Waals surface area contributed by atoms with Gasteiger partial charge in [-0.1, -0.05) is 29.5 Å². The Balaban J connectivity index is 1.65. The van der Waals surface area contributed by atoms with Gasteiger partial charge >= 0.3 is 0 Å². The standard InChI is InChI=1S/C24H27N3O3S/c1-16-4-9-21-22(17(16)2)25-24(31-21)27(11-10-26-12-14-30-15-13-26)23(29)20-7-5-19(6-8-20)18(3)28/h4-9H,10-15H2,1-3H3. The van der Waals surface area contributed by atoms with E-state index in [-0.39, 0.29) is 11.7 Å². The van der Waals surface area contributed by atoms with Crippen LogP contribution < -0.4 is 4.90 Å². The number of hydrogen-bond acceptors (Lipinski definition) is 6. The van der Waals surface area contributed by atoms with Gasteiger partial charge in [0.1, 0.15) is 0 Å². The van der Waals surface area contributed by atoms with Crippen LogP contribution in [0.15, 0.2) is 36.4 Å². The number of aromatic nitrogens is 1. The number of carbonyl (C=O) groups is 2. The molecule has 0 spiro atoms. The van der Waals surface area contributed by atoms with Crippen LogP contribution in [0.5, 0.6) is 0 Å². The second-order valence-corrected chi connectivity index (χ2v) is 8.90. The lowest BCUT2D eigenvalue weighted by Gasteiger charge is -2.29. The summed E-state index contributed by atoms with van der Waals surface area (Å²) in [5.74, 6) is -0.114. The topological polar surface area (TPSA) is 62.7 Å². The highest BCUT2D eigenvalue weighted by molar-refractivity contribution is 7.22. The minimum absolute atomic E-state index is 0.0137. The lowest BCUT2D eigenvalue weighted by Crippen LogP contribution is -2.43. The number of carbonyl (C=O) groups excluding carboxylic acids is 2.